The van der Waals surface area contributed by atoms with Gasteiger partial charge >= 0.3 is 0 Å². The number of aromatic nitrogens is 2. The Labute approximate surface area is 81.2 Å². The minimum atomic E-state index is 0.866. The lowest BCUT2D eigenvalue weighted by atomic mass is 10.1. The molecule has 0 unspecified atom stereocenters. The summed E-state index contributed by atoms with van der Waals surface area (Å²) in [5, 5.41) is 2.08. The summed E-state index contributed by atoms with van der Waals surface area (Å²) in [4.78, 5) is 8.50. The van der Waals surface area contributed by atoms with Crippen molar-refractivity contribution < 1.29 is 0 Å². The lowest BCUT2D eigenvalue weighted by Crippen LogP contribution is -1.83. The van der Waals surface area contributed by atoms with Crippen molar-refractivity contribution in [2.75, 3.05) is 0 Å². The molecule has 0 fully saturated rings. The molecule has 1 aromatic carbocycles. The molecule has 2 heterocycles. The predicted molar refractivity (Wildman–Crippen MR) is 54.7 cm³/mol. The lowest BCUT2D eigenvalue weighted by Gasteiger charge is -1.99. The van der Waals surface area contributed by atoms with Crippen LogP contribution in [-0.2, 0) is 0 Å². The van der Waals surface area contributed by atoms with Gasteiger partial charge in [0.2, 0.25) is 0 Å². The topological polar surface area (TPSA) is 25.8 Å². The molecular weight excluding hydrogens is 172 g/mol. The minimum absolute atomic E-state index is 0.866. The van der Waals surface area contributed by atoms with E-state index in [0.29, 0.717) is 0 Å². The summed E-state index contributed by atoms with van der Waals surface area (Å²) in [7, 11) is 0. The fourth-order valence-electron chi connectivity index (χ4n) is 1.57. The lowest BCUT2D eigenvalue weighted by molar-refractivity contribution is 1.36. The van der Waals surface area contributed by atoms with Crippen LogP contribution in [-0.4, -0.2) is 9.97 Å². The zero-order chi connectivity index (χ0) is 9.38. The summed E-state index contributed by atoms with van der Waals surface area (Å²) in [6.07, 6.45) is 4.56. The second-order valence-corrected chi connectivity index (χ2v) is 3.07. The van der Waals surface area contributed by atoms with Crippen molar-refractivity contribution in [2.24, 2.45) is 0 Å². The van der Waals surface area contributed by atoms with Crippen LogP contribution in [0.4, 0.5) is 0 Å². The van der Waals surface area contributed by atoms with Gasteiger partial charge in [0.1, 0.15) is 0 Å². The normalized spacial score (nSPS) is 10.9. The molecule has 64 valence electrons. The average Bonchev–Trinajstić information content (AvgIpc) is 2.29. The summed E-state index contributed by atoms with van der Waals surface area (Å²) in [5.41, 5.74) is 1.78. The summed E-state index contributed by atoms with van der Waals surface area (Å²) < 4.78 is 0. The van der Waals surface area contributed by atoms with E-state index in [4.69, 9.17) is 0 Å². The largest absolute Gasteiger partial charge is 0.254 e. The highest BCUT2D eigenvalue weighted by Gasteiger charge is 2.00. The average molecular weight is 178 g/mol. The van der Waals surface area contributed by atoms with Gasteiger partial charge in [-0.1, -0.05) is 18.2 Å². The second kappa shape index (κ2) is 2.77. The third-order valence-corrected chi connectivity index (χ3v) is 2.22. The van der Waals surface area contributed by atoms with Crippen LogP contribution >= 0.6 is 0 Å². The molecule has 0 amide bonds. The quantitative estimate of drug-likeness (QED) is 0.494. The Bertz CT molecular complexity index is 547. The number of pyridine rings is 2. The zero-order valence-electron chi connectivity index (χ0n) is 7.36. The molecule has 0 N–H and O–H groups in total. The van der Waals surface area contributed by atoms with Crippen molar-refractivity contribution in [3.05, 3.63) is 48.8 Å². The van der Waals surface area contributed by atoms with Gasteiger partial charge in [0.15, 0.2) is 0 Å². The Balaban J connectivity index is 2.61. The van der Waals surface area contributed by atoms with Crippen LogP contribution in [0, 0.1) is 12.3 Å². The molecule has 0 aliphatic heterocycles. The molecular formula is C12H6N2. The summed E-state index contributed by atoms with van der Waals surface area (Å²) in [6.45, 7) is 0. The van der Waals surface area contributed by atoms with Gasteiger partial charge in [0, 0.05) is 17.0 Å². The smallest absolute Gasteiger partial charge is 0.0979 e. The fourth-order valence-corrected chi connectivity index (χ4v) is 1.57. The Kier molecular flexibility index (Phi) is 1.47. The molecule has 2 aromatic heterocycles. The van der Waals surface area contributed by atoms with Crippen molar-refractivity contribution in [2.45, 2.75) is 0 Å². The predicted octanol–water partition coefficient (Wildman–Crippen LogP) is 2.38. The van der Waals surface area contributed by atoms with Gasteiger partial charge in [0.05, 0.1) is 17.2 Å². The van der Waals surface area contributed by atoms with Crippen LogP contribution in [0.15, 0.2) is 36.5 Å². The maximum Gasteiger partial charge on any atom is 0.0979 e. The number of fused-ring (bicyclic) bond motifs is 3. The fraction of sp³-hybridized carbons (Fsp3) is 0. The van der Waals surface area contributed by atoms with Gasteiger partial charge in [0.25, 0.3) is 0 Å². The molecule has 0 bridgehead atoms. The van der Waals surface area contributed by atoms with E-state index in [2.05, 4.69) is 22.2 Å². The number of rotatable bonds is 0. The molecule has 3 aromatic rings. The van der Waals surface area contributed by atoms with E-state index < -0.39 is 0 Å². The summed E-state index contributed by atoms with van der Waals surface area (Å²) in [5.74, 6) is 0. The molecule has 3 rings (SSSR count). The Hall–Kier alpha value is -1.96. The van der Waals surface area contributed by atoms with E-state index in [1.54, 1.807) is 12.3 Å². The third-order valence-electron chi connectivity index (χ3n) is 2.22. The first-order valence-corrected chi connectivity index (χ1v) is 4.37. The van der Waals surface area contributed by atoms with Gasteiger partial charge in [-0.25, -0.2) is 4.98 Å². The zero-order valence-corrected chi connectivity index (χ0v) is 7.36. The third kappa shape index (κ3) is 0.973. The Morgan fingerprint density at radius 1 is 1.07 bits per heavy atom. The van der Waals surface area contributed by atoms with Gasteiger partial charge < -0.3 is 0 Å². The van der Waals surface area contributed by atoms with E-state index in [1.165, 1.54) is 0 Å². The van der Waals surface area contributed by atoms with Crippen molar-refractivity contribution in [1.82, 2.24) is 9.97 Å². The molecule has 0 saturated carbocycles. The highest BCUT2D eigenvalue weighted by atomic mass is 14.7. The minimum Gasteiger partial charge on any atom is -0.254 e. The van der Waals surface area contributed by atoms with Crippen molar-refractivity contribution in [3.63, 3.8) is 0 Å². The molecule has 2 nitrogen and oxygen atoms in total. The summed E-state index contributed by atoms with van der Waals surface area (Å²) in [6, 6.07) is 12.8. The van der Waals surface area contributed by atoms with Crippen LogP contribution in [0.3, 0.4) is 0 Å². The van der Waals surface area contributed by atoms with Crippen molar-refractivity contribution in [3.8, 4) is 0 Å². The molecule has 14 heavy (non-hydrogen) atoms. The number of hydrogen-bond acceptors (Lipinski definition) is 2. The van der Waals surface area contributed by atoms with Gasteiger partial charge in [-0.2, -0.15) is 0 Å². The second-order valence-electron chi connectivity index (χ2n) is 3.07. The molecule has 0 atom stereocenters. The van der Waals surface area contributed by atoms with Gasteiger partial charge in [-0.15, -0.1) is 0 Å². The maximum absolute atomic E-state index is 4.31. The first-order chi connectivity index (χ1) is 6.95. The highest BCUT2D eigenvalue weighted by molar-refractivity contribution is 6.02. The highest BCUT2D eigenvalue weighted by Crippen LogP contribution is 2.20. The molecule has 2 heteroatoms. The summed E-state index contributed by atoms with van der Waals surface area (Å²) >= 11 is 0. The molecule has 0 saturated heterocycles. The molecule has 2 radical (unpaired) electrons. The first-order valence-electron chi connectivity index (χ1n) is 4.37. The van der Waals surface area contributed by atoms with E-state index in [1.807, 2.05) is 24.3 Å². The maximum atomic E-state index is 4.31. The first kappa shape index (κ1) is 7.44. The SMILES string of the molecule is [c]1c[c]c2ccc3cccnc3c2n1. The Morgan fingerprint density at radius 2 is 2.07 bits per heavy atom. The Morgan fingerprint density at radius 3 is 3.07 bits per heavy atom. The monoisotopic (exact) mass is 178 g/mol. The van der Waals surface area contributed by atoms with Crippen LogP contribution in [0.1, 0.15) is 0 Å². The van der Waals surface area contributed by atoms with E-state index in [9.17, 15) is 0 Å². The number of benzene rings is 1. The van der Waals surface area contributed by atoms with E-state index in [-0.39, 0.29) is 0 Å². The van der Waals surface area contributed by atoms with Gasteiger partial charge in [-0.3, -0.25) is 4.98 Å². The van der Waals surface area contributed by atoms with Crippen LogP contribution in [0.25, 0.3) is 21.8 Å². The number of hydrogen-bond donors (Lipinski definition) is 0. The van der Waals surface area contributed by atoms with Gasteiger partial charge in [-0.05, 0) is 18.2 Å². The number of nitrogens with zero attached hydrogens (tertiary/aromatic N) is 2. The van der Waals surface area contributed by atoms with E-state index in [0.717, 1.165) is 21.8 Å². The molecule has 0 aliphatic rings. The van der Waals surface area contributed by atoms with E-state index >= 15 is 0 Å². The van der Waals surface area contributed by atoms with Crippen LogP contribution in [0.2, 0.25) is 0 Å². The van der Waals surface area contributed by atoms with Crippen molar-refractivity contribution in [1.29, 1.82) is 0 Å². The standard InChI is InChI=1S/C12H6N2/c1-3-9-5-6-10-4-2-8-14-12(10)11(9)13-7-1/h1-3,5-7H. The van der Waals surface area contributed by atoms with Crippen LogP contribution < -0.4 is 0 Å². The molecule has 0 aliphatic carbocycles. The van der Waals surface area contributed by atoms with Crippen LogP contribution in [0.5, 0.6) is 0 Å². The van der Waals surface area contributed by atoms with Crippen molar-refractivity contribution >= 4 is 21.8 Å². The molecule has 0 spiro atoms.